The summed E-state index contributed by atoms with van der Waals surface area (Å²) in [7, 11) is 1.97. The van der Waals surface area contributed by atoms with Crippen LogP contribution in [0.1, 0.15) is 17.4 Å². The lowest BCUT2D eigenvalue weighted by molar-refractivity contribution is 0.451. The number of para-hydroxylation sites is 1. The Morgan fingerprint density at radius 3 is 2.70 bits per heavy atom. The molecule has 0 bridgehead atoms. The highest BCUT2D eigenvalue weighted by molar-refractivity contribution is 9.10. The summed E-state index contributed by atoms with van der Waals surface area (Å²) in [5.74, 6) is 0.980. The molecular weight excluding hydrogens is 314 g/mol. The van der Waals surface area contributed by atoms with Gasteiger partial charge in [0, 0.05) is 9.86 Å². The van der Waals surface area contributed by atoms with Gasteiger partial charge in [-0.3, -0.25) is 0 Å². The monoisotopic (exact) mass is 329 g/mol. The maximum Gasteiger partial charge on any atom is 0.134 e. The average molecular weight is 330 g/mol. The van der Waals surface area contributed by atoms with Crippen molar-refractivity contribution in [2.24, 2.45) is 0 Å². The van der Waals surface area contributed by atoms with E-state index in [9.17, 15) is 0 Å². The second-order valence-electron chi connectivity index (χ2n) is 4.86. The third-order valence-electron chi connectivity index (χ3n) is 3.47. The zero-order valence-electron chi connectivity index (χ0n) is 11.3. The van der Waals surface area contributed by atoms with Crippen molar-refractivity contribution in [3.8, 4) is 0 Å². The summed E-state index contributed by atoms with van der Waals surface area (Å²) in [5, 5.41) is 4.49. The maximum atomic E-state index is 5.95. The van der Waals surface area contributed by atoms with Gasteiger partial charge < -0.3 is 9.73 Å². The van der Waals surface area contributed by atoms with Crippen LogP contribution in [0.15, 0.2) is 63.5 Å². The van der Waals surface area contributed by atoms with Crippen molar-refractivity contribution in [3.05, 3.63) is 70.4 Å². The van der Waals surface area contributed by atoms with Crippen LogP contribution in [0.3, 0.4) is 0 Å². The smallest absolute Gasteiger partial charge is 0.134 e. The van der Waals surface area contributed by atoms with E-state index in [0.29, 0.717) is 0 Å². The van der Waals surface area contributed by atoms with Gasteiger partial charge in [-0.25, -0.2) is 0 Å². The molecule has 0 fully saturated rings. The third kappa shape index (κ3) is 2.79. The van der Waals surface area contributed by atoms with Gasteiger partial charge >= 0.3 is 0 Å². The van der Waals surface area contributed by atoms with Gasteiger partial charge in [0.2, 0.25) is 0 Å². The Morgan fingerprint density at radius 1 is 1.10 bits per heavy atom. The molecule has 3 rings (SSSR count). The molecule has 0 spiro atoms. The Morgan fingerprint density at radius 2 is 1.95 bits per heavy atom. The number of nitrogens with one attached hydrogen (secondary N) is 1. The number of halogens is 1. The average Bonchev–Trinajstić information content (AvgIpc) is 2.88. The van der Waals surface area contributed by atoms with E-state index in [1.807, 2.05) is 31.3 Å². The molecule has 1 aromatic heterocycles. The summed E-state index contributed by atoms with van der Waals surface area (Å²) in [6.45, 7) is 0. The lowest BCUT2D eigenvalue weighted by atomic mass is 10.0. The topological polar surface area (TPSA) is 25.2 Å². The van der Waals surface area contributed by atoms with Crippen LogP contribution in [0.2, 0.25) is 0 Å². The molecule has 0 amide bonds. The van der Waals surface area contributed by atoms with Crippen LogP contribution in [0.4, 0.5) is 0 Å². The fraction of sp³-hybridized carbons (Fsp3) is 0.176. The first kappa shape index (κ1) is 13.4. The second-order valence-corrected chi connectivity index (χ2v) is 5.78. The first-order chi connectivity index (χ1) is 9.76. The molecule has 2 aromatic carbocycles. The van der Waals surface area contributed by atoms with E-state index >= 15 is 0 Å². The van der Waals surface area contributed by atoms with Crippen molar-refractivity contribution >= 4 is 26.9 Å². The van der Waals surface area contributed by atoms with Gasteiger partial charge in [-0.2, -0.15) is 0 Å². The number of likely N-dealkylation sites (N-methyl/N-ethyl adjacent to an activating group) is 1. The first-order valence-electron chi connectivity index (χ1n) is 6.66. The number of fused-ring (bicyclic) bond motifs is 1. The largest absolute Gasteiger partial charge is 0.459 e. The number of hydrogen-bond donors (Lipinski definition) is 1. The summed E-state index contributed by atoms with van der Waals surface area (Å²) in [4.78, 5) is 0. The quantitative estimate of drug-likeness (QED) is 0.750. The van der Waals surface area contributed by atoms with E-state index in [0.717, 1.165) is 27.6 Å². The van der Waals surface area contributed by atoms with Crippen molar-refractivity contribution in [2.75, 3.05) is 7.05 Å². The molecule has 1 unspecified atom stereocenters. The number of rotatable bonds is 4. The minimum atomic E-state index is 0.178. The van der Waals surface area contributed by atoms with Crippen molar-refractivity contribution in [2.45, 2.75) is 12.5 Å². The summed E-state index contributed by atoms with van der Waals surface area (Å²) >= 11 is 3.51. The summed E-state index contributed by atoms with van der Waals surface area (Å²) < 4.78 is 7.06. The molecular formula is C17H16BrNO. The summed E-state index contributed by atoms with van der Waals surface area (Å²) in [6.07, 6.45) is 0.899. The van der Waals surface area contributed by atoms with Crippen LogP contribution < -0.4 is 5.32 Å². The minimum absolute atomic E-state index is 0.178. The molecule has 102 valence electrons. The van der Waals surface area contributed by atoms with Gasteiger partial charge in [0.25, 0.3) is 0 Å². The van der Waals surface area contributed by atoms with Gasteiger partial charge in [0.05, 0.1) is 6.04 Å². The predicted molar refractivity (Wildman–Crippen MR) is 85.9 cm³/mol. The molecule has 0 aliphatic carbocycles. The SMILES string of the molecule is CNC(Cc1cccc(Br)c1)c1cc2ccccc2o1. The van der Waals surface area contributed by atoms with Gasteiger partial charge in [-0.05, 0) is 43.3 Å². The van der Waals surface area contributed by atoms with E-state index in [1.165, 1.54) is 5.56 Å². The van der Waals surface area contributed by atoms with Crippen molar-refractivity contribution in [1.29, 1.82) is 0 Å². The van der Waals surface area contributed by atoms with Crippen molar-refractivity contribution in [3.63, 3.8) is 0 Å². The molecule has 1 N–H and O–H groups in total. The van der Waals surface area contributed by atoms with Crippen molar-refractivity contribution < 1.29 is 4.42 Å². The zero-order chi connectivity index (χ0) is 13.9. The van der Waals surface area contributed by atoms with Gasteiger partial charge in [0.15, 0.2) is 0 Å². The highest BCUT2D eigenvalue weighted by Crippen LogP contribution is 2.26. The minimum Gasteiger partial charge on any atom is -0.459 e. The molecule has 3 aromatic rings. The normalized spacial score (nSPS) is 12.7. The molecule has 1 atom stereocenters. The predicted octanol–water partition coefficient (Wildman–Crippen LogP) is 4.70. The Kier molecular flexibility index (Phi) is 3.90. The number of hydrogen-bond acceptors (Lipinski definition) is 2. The lowest BCUT2D eigenvalue weighted by Crippen LogP contribution is -2.18. The fourth-order valence-electron chi connectivity index (χ4n) is 2.42. The third-order valence-corrected chi connectivity index (χ3v) is 3.96. The highest BCUT2D eigenvalue weighted by atomic mass is 79.9. The first-order valence-corrected chi connectivity index (χ1v) is 7.46. The van der Waals surface area contributed by atoms with Crippen LogP contribution in [-0.2, 0) is 6.42 Å². The number of furan rings is 1. The Labute approximate surface area is 126 Å². The van der Waals surface area contributed by atoms with Crippen LogP contribution >= 0.6 is 15.9 Å². The zero-order valence-corrected chi connectivity index (χ0v) is 12.9. The lowest BCUT2D eigenvalue weighted by Gasteiger charge is -2.13. The van der Waals surface area contributed by atoms with E-state index in [1.54, 1.807) is 0 Å². The Bertz CT molecular complexity index is 687. The number of benzene rings is 2. The van der Waals surface area contributed by atoms with Crippen LogP contribution in [0.25, 0.3) is 11.0 Å². The van der Waals surface area contributed by atoms with E-state index in [2.05, 4.69) is 51.6 Å². The highest BCUT2D eigenvalue weighted by Gasteiger charge is 2.15. The molecule has 0 aliphatic rings. The van der Waals surface area contributed by atoms with Crippen molar-refractivity contribution in [1.82, 2.24) is 5.32 Å². The van der Waals surface area contributed by atoms with Gasteiger partial charge in [-0.15, -0.1) is 0 Å². The van der Waals surface area contributed by atoms with E-state index in [4.69, 9.17) is 4.42 Å². The van der Waals surface area contributed by atoms with E-state index < -0.39 is 0 Å². The Hall–Kier alpha value is -1.58. The molecule has 3 heteroatoms. The molecule has 0 radical (unpaired) electrons. The molecule has 2 nitrogen and oxygen atoms in total. The van der Waals surface area contributed by atoms with Crippen LogP contribution in [0, 0.1) is 0 Å². The maximum absolute atomic E-state index is 5.95. The van der Waals surface area contributed by atoms with Gasteiger partial charge in [0.1, 0.15) is 11.3 Å². The summed E-state index contributed by atoms with van der Waals surface area (Å²) in [5.41, 5.74) is 2.22. The van der Waals surface area contributed by atoms with E-state index in [-0.39, 0.29) is 6.04 Å². The molecule has 0 saturated heterocycles. The molecule has 1 heterocycles. The van der Waals surface area contributed by atoms with Crippen LogP contribution in [0.5, 0.6) is 0 Å². The second kappa shape index (κ2) is 5.81. The fourth-order valence-corrected chi connectivity index (χ4v) is 2.87. The molecule has 0 saturated carbocycles. The Balaban J connectivity index is 1.89. The van der Waals surface area contributed by atoms with Gasteiger partial charge in [-0.1, -0.05) is 46.3 Å². The molecule has 0 aliphatic heterocycles. The van der Waals surface area contributed by atoms with Crippen LogP contribution in [-0.4, -0.2) is 7.05 Å². The summed E-state index contributed by atoms with van der Waals surface area (Å²) in [6, 6.07) is 18.8. The molecule has 20 heavy (non-hydrogen) atoms. The standard InChI is InChI=1S/C17H16BrNO/c1-19-15(10-12-5-4-7-14(18)9-12)17-11-13-6-2-3-8-16(13)20-17/h2-9,11,15,19H,10H2,1H3.